The van der Waals surface area contributed by atoms with Crippen LogP contribution >= 0.6 is 38.5 Å². The summed E-state index contributed by atoms with van der Waals surface area (Å²) >= 11 is 5.72. The second-order valence-electron chi connectivity index (χ2n) is 4.18. The molecule has 0 spiro atoms. The van der Waals surface area contributed by atoms with E-state index in [2.05, 4.69) is 43.9 Å². The lowest BCUT2D eigenvalue weighted by molar-refractivity contribution is 0.545. The van der Waals surface area contributed by atoms with Crippen molar-refractivity contribution in [1.82, 2.24) is 5.43 Å². The molecule has 2 rings (SSSR count). The van der Waals surface area contributed by atoms with Gasteiger partial charge in [-0.2, -0.15) is 0 Å². The van der Waals surface area contributed by atoms with Crippen molar-refractivity contribution in [3.63, 3.8) is 0 Å². The van der Waals surface area contributed by atoms with E-state index in [4.69, 9.17) is 5.84 Å². The Kier molecular flexibility index (Phi) is 5.32. The predicted octanol–water partition coefficient (Wildman–Crippen LogP) is 3.94. The first-order valence-corrected chi connectivity index (χ1v) is 7.63. The number of halogens is 3. The fraction of sp³-hybridized carbons (Fsp3) is 0.143. The van der Waals surface area contributed by atoms with E-state index in [0.717, 1.165) is 19.2 Å². The smallest absolute Gasteiger partial charge is 0.123 e. The third kappa shape index (κ3) is 3.75. The highest BCUT2D eigenvalue weighted by molar-refractivity contribution is 14.1. The van der Waals surface area contributed by atoms with E-state index in [1.165, 1.54) is 12.1 Å². The molecule has 0 saturated carbocycles. The largest absolute Gasteiger partial charge is 0.271 e. The van der Waals surface area contributed by atoms with Crippen molar-refractivity contribution >= 4 is 38.5 Å². The number of hydrazine groups is 1. The molecule has 0 amide bonds. The van der Waals surface area contributed by atoms with E-state index in [1.807, 2.05) is 24.3 Å². The van der Waals surface area contributed by atoms with Crippen LogP contribution in [0.2, 0.25) is 0 Å². The summed E-state index contributed by atoms with van der Waals surface area (Å²) in [4.78, 5) is 0. The third-order valence-corrected chi connectivity index (χ3v) is 4.67. The molecule has 2 nitrogen and oxygen atoms in total. The van der Waals surface area contributed by atoms with Gasteiger partial charge in [-0.1, -0.05) is 34.1 Å². The zero-order valence-electron chi connectivity index (χ0n) is 10.0. The van der Waals surface area contributed by atoms with Crippen LogP contribution in [0.15, 0.2) is 46.9 Å². The van der Waals surface area contributed by atoms with Crippen LogP contribution in [-0.4, -0.2) is 0 Å². The molecule has 0 aliphatic heterocycles. The monoisotopic (exact) mass is 434 g/mol. The molecule has 2 aromatic rings. The summed E-state index contributed by atoms with van der Waals surface area (Å²) in [5.74, 6) is 5.41. The third-order valence-electron chi connectivity index (χ3n) is 2.91. The van der Waals surface area contributed by atoms with Gasteiger partial charge in [-0.25, -0.2) is 4.39 Å². The van der Waals surface area contributed by atoms with E-state index in [-0.39, 0.29) is 11.9 Å². The van der Waals surface area contributed by atoms with Crippen molar-refractivity contribution in [2.45, 2.75) is 12.5 Å². The molecule has 5 heteroatoms. The van der Waals surface area contributed by atoms with Gasteiger partial charge in [-0.15, -0.1) is 0 Å². The van der Waals surface area contributed by atoms with E-state index in [1.54, 1.807) is 6.07 Å². The van der Waals surface area contributed by atoms with Crippen LogP contribution in [-0.2, 0) is 6.42 Å². The quantitative estimate of drug-likeness (QED) is 0.434. The summed E-state index contributed by atoms with van der Waals surface area (Å²) in [5.41, 5.74) is 4.81. The molecule has 0 aromatic heterocycles. The van der Waals surface area contributed by atoms with Crippen molar-refractivity contribution in [3.05, 3.63) is 67.5 Å². The Morgan fingerprint density at radius 2 is 2.00 bits per heavy atom. The highest BCUT2D eigenvalue weighted by Crippen LogP contribution is 2.26. The molecule has 0 aliphatic rings. The van der Waals surface area contributed by atoms with Crippen LogP contribution in [0.4, 0.5) is 4.39 Å². The lowest BCUT2D eigenvalue weighted by Gasteiger charge is -2.18. The van der Waals surface area contributed by atoms with Crippen molar-refractivity contribution in [3.8, 4) is 0 Å². The fourth-order valence-corrected chi connectivity index (χ4v) is 3.11. The maximum Gasteiger partial charge on any atom is 0.123 e. The SMILES string of the molecule is NNC(Cc1cc(F)ccc1Br)c1ccccc1I. The summed E-state index contributed by atoms with van der Waals surface area (Å²) in [6, 6.07) is 12.6. The summed E-state index contributed by atoms with van der Waals surface area (Å²) in [7, 11) is 0. The molecule has 0 fully saturated rings. The van der Waals surface area contributed by atoms with Gasteiger partial charge < -0.3 is 0 Å². The number of benzene rings is 2. The molecule has 1 atom stereocenters. The predicted molar refractivity (Wildman–Crippen MR) is 87.0 cm³/mol. The maximum atomic E-state index is 13.3. The van der Waals surface area contributed by atoms with Gasteiger partial charge in [0, 0.05) is 8.04 Å². The highest BCUT2D eigenvalue weighted by Gasteiger charge is 2.15. The van der Waals surface area contributed by atoms with Crippen molar-refractivity contribution in [2.24, 2.45) is 5.84 Å². The lowest BCUT2D eigenvalue weighted by atomic mass is 9.99. The molecule has 1 unspecified atom stereocenters. The average molecular weight is 435 g/mol. The molecule has 19 heavy (non-hydrogen) atoms. The normalized spacial score (nSPS) is 12.4. The second kappa shape index (κ2) is 6.78. The molecule has 2 aromatic carbocycles. The summed E-state index contributed by atoms with van der Waals surface area (Å²) < 4.78 is 15.3. The molecular formula is C14H13BrFIN2. The number of hydrogen-bond donors (Lipinski definition) is 2. The van der Waals surface area contributed by atoms with Gasteiger partial charge in [0.2, 0.25) is 0 Å². The minimum absolute atomic E-state index is 0.0498. The first-order chi connectivity index (χ1) is 9.11. The Morgan fingerprint density at radius 1 is 1.26 bits per heavy atom. The molecular weight excluding hydrogens is 422 g/mol. The minimum atomic E-state index is -0.239. The Labute approximate surface area is 133 Å². The van der Waals surface area contributed by atoms with E-state index in [9.17, 15) is 4.39 Å². The average Bonchev–Trinajstić information content (AvgIpc) is 2.41. The van der Waals surface area contributed by atoms with Crippen molar-refractivity contribution in [2.75, 3.05) is 0 Å². The molecule has 100 valence electrons. The first-order valence-electron chi connectivity index (χ1n) is 5.76. The van der Waals surface area contributed by atoms with Gasteiger partial charge in [0.1, 0.15) is 5.82 Å². The molecule has 0 saturated heterocycles. The Bertz CT molecular complexity index is 577. The lowest BCUT2D eigenvalue weighted by Crippen LogP contribution is -2.30. The van der Waals surface area contributed by atoms with Gasteiger partial charge in [-0.3, -0.25) is 11.3 Å². The van der Waals surface area contributed by atoms with Gasteiger partial charge in [0.25, 0.3) is 0 Å². The van der Waals surface area contributed by atoms with Gasteiger partial charge in [0.05, 0.1) is 6.04 Å². The standard InChI is InChI=1S/C14H13BrFIN2/c15-12-6-5-10(16)7-9(12)8-14(19-18)11-3-1-2-4-13(11)17/h1-7,14,19H,8,18H2. The molecule has 0 radical (unpaired) electrons. The van der Waals surface area contributed by atoms with E-state index in [0.29, 0.717) is 6.42 Å². The van der Waals surface area contributed by atoms with Crippen molar-refractivity contribution in [1.29, 1.82) is 0 Å². The Balaban J connectivity index is 2.29. The Hall–Kier alpha value is -0.500. The van der Waals surface area contributed by atoms with Crippen LogP contribution < -0.4 is 11.3 Å². The number of hydrogen-bond acceptors (Lipinski definition) is 2. The first kappa shape index (κ1) is 14.9. The van der Waals surface area contributed by atoms with Crippen LogP contribution in [0.3, 0.4) is 0 Å². The van der Waals surface area contributed by atoms with E-state index >= 15 is 0 Å². The van der Waals surface area contributed by atoms with Crippen molar-refractivity contribution < 1.29 is 4.39 Å². The molecule has 0 heterocycles. The number of nitrogens with two attached hydrogens (primary N) is 1. The van der Waals surface area contributed by atoms with Crippen LogP contribution in [0.5, 0.6) is 0 Å². The fourth-order valence-electron chi connectivity index (χ4n) is 1.94. The van der Waals surface area contributed by atoms with E-state index < -0.39 is 0 Å². The highest BCUT2D eigenvalue weighted by atomic mass is 127. The summed E-state index contributed by atoms with van der Waals surface area (Å²) in [5, 5.41) is 0. The van der Waals surface area contributed by atoms with Crippen LogP contribution in [0.1, 0.15) is 17.2 Å². The van der Waals surface area contributed by atoms with Crippen LogP contribution in [0.25, 0.3) is 0 Å². The molecule has 0 bridgehead atoms. The summed E-state index contributed by atoms with van der Waals surface area (Å²) in [6.07, 6.45) is 0.620. The van der Waals surface area contributed by atoms with Gasteiger partial charge in [0.15, 0.2) is 0 Å². The van der Waals surface area contributed by atoms with Crippen LogP contribution in [0, 0.1) is 9.39 Å². The number of nitrogens with one attached hydrogen (secondary N) is 1. The number of rotatable bonds is 4. The molecule has 0 aliphatic carbocycles. The second-order valence-corrected chi connectivity index (χ2v) is 6.20. The van der Waals surface area contributed by atoms with Gasteiger partial charge >= 0.3 is 0 Å². The summed E-state index contributed by atoms with van der Waals surface area (Å²) in [6.45, 7) is 0. The zero-order chi connectivity index (χ0) is 13.8. The van der Waals surface area contributed by atoms with Gasteiger partial charge in [-0.05, 0) is 64.4 Å². The topological polar surface area (TPSA) is 38.0 Å². The zero-order valence-corrected chi connectivity index (χ0v) is 13.8. The minimum Gasteiger partial charge on any atom is -0.271 e. The maximum absolute atomic E-state index is 13.3. The Morgan fingerprint density at radius 3 is 2.68 bits per heavy atom. The molecule has 3 N–H and O–H groups in total.